The molecule has 0 N–H and O–H groups in total. The molecule has 1 rings (SSSR count). The standard InChI is InChI=1S/C7H12BrF/c8-6-4-2-1-3-5-7(6)9/h6-7H,1-5H2/t6-,7-/m1/s1. The third-order valence-electron chi connectivity index (χ3n) is 1.85. The van der Waals surface area contributed by atoms with Gasteiger partial charge in [0.1, 0.15) is 6.17 Å². The number of halogens is 2. The van der Waals surface area contributed by atoms with Crippen molar-refractivity contribution in [2.45, 2.75) is 43.1 Å². The summed E-state index contributed by atoms with van der Waals surface area (Å²) in [5.74, 6) is 0. The number of alkyl halides is 2. The largest absolute Gasteiger partial charge is 0.246 e. The highest BCUT2D eigenvalue weighted by Crippen LogP contribution is 2.25. The summed E-state index contributed by atoms with van der Waals surface area (Å²) in [6.45, 7) is 0. The maximum Gasteiger partial charge on any atom is 0.113 e. The predicted octanol–water partition coefficient (Wildman–Crippen LogP) is 3.05. The third-order valence-corrected chi connectivity index (χ3v) is 2.88. The molecular formula is C7H12BrF. The van der Waals surface area contributed by atoms with Crippen molar-refractivity contribution in [3.63, 3.8) is 0 Å². The minimum Gasteiger partial charge on any atom is -0.246 e. The first-order valence-corrected chi connectivity index (χ1v) is 4.50. The van der Waals surface area contributed by atoms with Crippen LogP contribution in [0.15, 0.2) is 0 Å². The second-order valence-electron chi connectivity index (χ2n) is 2.67. The molecule has 0 aromatic rings. The van der Waals surface area contributed by atoms with Gasteiger partial charge in [0.25, 0.3) is 0 Å². The number of rotatable bonds is 0. The van der Waals surface area contributed by atoms with Gasteiger partial charge in [-0.05, 0) is 12.8 Å². The topological polar surface area (TPSA) is 0 Å². The molecule has 0 amide bonds. The Morgan fingerprint density at radius 1 is 1.11 bits per heavy atom. The van der Waals surface area contributed by atoms with E-state index in [1.165, 1.54) is 12.8 Å². The molecule has 0 unspecified atom stereocenters. The van der Waals surface area contributed by atoms with E-state index in [1.807, 2.05) is 0 Å². The van der Waals surface area contributed by atoms with Crippen LogP contribution in [0.2, 0.25) is 0 Å². The van der Waals surface area contributed by atoms with Crippen molar-refractivity contribution in [1.29, 1.82) is 0 Å². The summed E-state index contributed by atoms with van der Waals surface area (Å²) in [5, 5.41) is 0. The molecule has 1 fully saturated rings. The van der Waals surface area contributed by atoms with Crippen LogP contribution in [0.4, 0.5) is 4.39 Å². The van der Waals surface area contributed by atoms with Gasteiger partial charge in [0.05, 0.1) is 0 Å². The van der Waals surface area contributed by atoms with Crippen molar-refractivity contribution in [2.24, 2.45) is 0 Å². The molecule has 1 aliphatic carbocycles. The van der Waals surface area contributed by atoms with Crippen molar-refractivity contribution in [2.75, 3.05) is 0 Å². The van der Waals surface area contributed by atoms with Crippen LogP contribution in [-0.2, 0) is 0 Å². The quantitative estimate of drug-likeness (QED) is 0.411. The second kappa shape index (κ2) is 3.55. The van der Waals surface area contributed by atoms with Crippen molar-refractivity contribution < 1.29 is 4.39 Å². The molecule has 2 heteroatoms. The fourth-order valence-electron chi connectivity index (χ4n) is 1.22. The predicted molar refractivity (Wildman–Crippen MR) is 40.7 cm³/mol. The minimum absolute atomic E-state index is 0.139. The molecule has 2 atom stereocenters. The maximum absolute atomic E-state index is 12.8. The van der Waals surface area contributed by atoms with Gasteiger partial charge in [0.2, 0.25) is 0 Å². The lowest BCUT2D eigenvalue weighted by Gasteiger charge is -2.08. The zero-order valence-electron chi connectivity index (χ0n) is 5.45. The van der Waals surface area contributed by atoms with Crippen molar-refractivity contribution >= 4 is 15.9 Å². The van der Waals surface area contributed by atoms with Gasteiger partial charge in [0, 0.05) is 4.83 Å². The van der Waals surface area contributed by atoms with Crippen LogP contribution in [0.3, 0.4) is 0 Å². The zero-order valence-corrected chi connectivity index (χ0v) is 7.03. The van der Waals surface area contributed by atoms with Gasteiger partial charge < -0.3 is 0 Å². The van der Waals surface area contributed by atoms with Gasteiger partial charge in [-0.1, -0.05) is 35.2 Å². The summed E-state index contributed by atoms with van der Waals surface area (Å²) >= 11 is 3.33. The zero-order chi connectivity index (χ0) is 6.69. The fourth-order valence-corrected chi connectivity index (χ4v) is 1.81. The molecule has 0 aromatic heterocycles. The van der Waals surface area contributed by atoms with E-state index >= 15 is 0 Å². The molecule has 0 aliphatic heterocycles. The van der Waals surface area contributed by atoms with Crippen molar-refractivity contribution in [3.05, 3.63) is 0 Å². The van der Waals surface area contributed by atoms with Gasteiger partial charge >= 0.3 is 0 Å². The Balaban J connectivity index is 2.32. The summed E-state index contributed by atoms with van der Waals surface area (Å²) in [6, 6.07) is 0. The average Bonchev–Trinajstić information content (AvgIpc) is 1.99. The van der Waals surface area contributed by atoms with Gasteiger partial charge in [0.15, 0.2) is 0 Å². The van der Waals surface area contributed by atoms with E-state index < -0.39 is 6.17 Å². The van der Waals surface area contributed by atoms with Crippen LogP contribution in [0.1, 0.15) is 32.1 Å². The smallest absolute Gasteiger partial charge is 0.113 e. The van der Waals surface area contributed by atoms with Crippen LogP contribution in [0.25, 0.3) is 0 Å². The normalized spacial score (nSPS) is 38.0. The molecule has 0 saturated heterocycles. The molecular weight excluding hydrogens is 183 g/mol. The van der Waals surface area contributed by atoms with E-state index in [1.54, 1.807) is 0 Å². The Kier molecular flexibility index (Phi) is 2.96. The van der Waals surface area contributed by atoms with Crippen LogP contribution in [0, 0.1) is 0 Å². The van der Waals surface area contributed by atoms with E-state index in [9.17, 15) is 4.39 Å². The molecule has 9 heavy (non-hydrogen) atoms. The Hall–Kier alpha value is 0.410. The molecule has 1 aliphatic rings. The lowest BCUT2D eigenvalue weighted by Crippen LogP contribution is -2.12. The SMILES string of the molecule is F[C@@H]1CCCCC[C@H]1Br. The van der Waals surface area contributed by atoms with E-state index in [0.717, 1.165) is 19.3 Å². The Bertz CT molecular complexity index is 75.0. The first-order chi connectivity index (χ1) is 4.30. The first kappa shape index (κ1) is 7.52. The van der Waals surface area contributed by atoms with Crippen LogP contribution < -0.4 is 0 Å². The first-order valence-electron chi connectivity index (χ1n) is 3.59. The van der Waals surface area contributed by atoms with Crippen LogP contribution in [0.5, 0.6) is 0 Å². The fraction of sp³-hybridized carbons (Fsp3) is 1.00. The van der Waals surface area contributed by atoms with Crippen molar-refractivity contribution in [1.82, 2.24) is 0 Å². The Morgan fingerprint density at radius 3 is 2.56 bits per heavy atom. The summed E-state index contributed by atoms with van der Waals surface area (Å²) < 4.78 is 12.8. The molecule has 0 bridgehead atoms. The lowest BCUT2D eigenvalue weighted by atomic mass is 10.2. The maximum atomic E-state index is 12.8. The molecule has 1 saturated carbocycles. The van der Waals surface area contributed by atoms with Crippen LogP contribution in [-0.4, -0.2) is 11.0 Å². The Morgan fingerprint density at radius 2 is 1.78 bits per heavy atom. The summed E-state index contributed by atoms with van der Waals surface area (Å²) in [4.78, 5) is 0.139. The van der Waals surface area contributed by atoms with E-state index in [4.69, 9.17) is 0 Å². The number of hydrogen-bond acceptors (Lipinski definition) is 0. The van der Waals surface area contributed by atoms with Crippen LogP contribution >= 0.6 is 15.9 Å². The highest BCUT2D eigenvalue weighted by atomic mass is 79.9. The lowest BCUT2D eigenvalue weighted by molar-refractivity contribution is 0.311. The molecule has 54 valence electrons. The van der Waals surface area contributed by atoms with Gasteiger partial charge in [-0.25, -0.2) is 4.39 Å². The second-order valence-corrected chi connectivity index (χ2v) is 3.85. The molecule has 0 radical (unpaired) electrons. The number of hydrogen-bond donors (Lipinski definition) is 0. The molecule has 0 aromatic carbocycles. The molecule has 0 spiro atoms. The highest BCUT2D eigenvalue weighted by molar-refractivity contribution is 9.09. The summed E-state index contributed by atoms with van der Waals surface area (Å²) in [6.07, 6.45) is 4.66. The monoisotopic (exact) mass is 194 g/mol. The summed E-state index contributed by atoms with van der Waals surface area (Å²) in [7, 11) is 0. The minimum atomic E-state index is -0.590. The Labute approximate surface area is 64.0 Å². The summed E-state index contributed by atoms with van der Waals surface area (Å²) in [5.41, 5.74) is 0. The highest BCUT2D eigenvalue weighted by Gasteiger charge is 2.19. The van der Waals surface area contributed by atoms with Gasteiger partial charge in [-0.15, -0.1) is 0 Å². The van der Waals surface area contributed by atoms with Gasteiger partial charge in [-0.3, -0.25) is 0 Å². The third kappa shape index (κ3) is 2.24. The van der Waals surface area contributed by atoms with E-state index in [0.29, 0.717) is 0 Å². The molecule has 0 nitrogen and oxygen atoms in total. The molecule has 0 heterocycles. The van der Waals surface area contributed by atoms with Gasteiger partial charge in [-0.2, -0.15) is 0 Å². The average molecular weight is 195 g/mol. The van der Waals surface area contributed by atoms with E-state index in [2.05, 4.69) is 15.9 Å². The van der Waals surface area contributed by atoms with E-state index in [-0.39, 0.29) is 4.83 Å². The van der Waals surface area contributed by atoms with Crippen molar-refractivity contribution in [3.8, 4) is 0 Å².